The largest absolute Gasteiger partial charge is 0.473 e. The normalized spacial score (nSPS) is 12.6. The summed E-state index contributed by atoms with van der Waals surface area (Å²) in [7, 11) is 0. The maximum absolute atomic E-state index is 11.0. The van der Waals surface area contributed by atoms with E-state index in [1.807, 2.05) is 0 Å². The zero-order valence-electron chi connectivity index (χ0n) is 14.0. The zero-order valence-corrected chi connectivity index (χ0v) is 15.6. The van der Waals surface area contributed by atoms with Gasteiger partial charge in [-0.05, 0) is 12.1 Å². The third-order valence-corrected chi connectivity index (χ3v) is 3.87. The average Bonchev–Trinajstić information content (AvgIpc) is 3.08. The van der Waals surface area contributed by atoms with Gasteiger partial charge in [0.1, 0.15) is 5.60 Å². The minimum atomic E-state index is -1.82. The van der Waals surface area contributed by atoms with Gasteiger partial charge in [-0.2, -0.15) is 0 Å². The summed E-state index contributed by atoms with van der Waals surface area (Å²) in [5, 5.41) is 38.6. The van der Waals surface area contributed by atoms with E-state index in [4.69, 9.17) is 48.1 Å². The lowest BCUT2D eigenvalue weighted by Gasteiger charge is -2.30. The second kappa shape index (κ2) is 10.9. The minimum Gasteiger partial charge on any atom is -0.473 e. The molecule has 2 rings (SSSR count). The van der Waals surface area contributed by atoms with E-state index in [1.165, 1.54) is 0 Å². The summed E-state index contributed by atoms with van der Waals surface area (Å²) in [5.74, 6) is -3.65. The van der Waals surface area contributed by atoms with Gasteiger partial charge in [-0.3, -0.25) is 0 Å². The molecular weight excluding hydrogens is 401 g/mol. The highest BCUT2D eigenvalue weighted by molar-refractivity contribution is 6.35. The van der Waals surface area contributed by atoms with E-state index in [2.05, 4.69) is 10.3 Å². The van der Waals surface area contributed by atoms with E-state index >= 15 is 0 Å². The highest BCUT2D eigenvalue weighted by Crippen LogP contribution is 2.31. The number of hydrogen-bond donors (Lipinski definition) is 5. The van der Waals surface area contributed by atoms with Crippen LogP contribution in [-0.2, 0) is 21.7 Å². The van der Waals surface area contributed by atoms with Crippen molar-refractivity contribution in [2.75, 3.05) is 19.7 Å². The number of carboxylic acids is 2. The van der Waals surface area contributed by atoms with Gasteiger partial charge in [0.05, 0.1) is 19.5 Å². The van der Waals surface area contributed by atoms with Crippen molar-refractivity contribution in [3.8, 4) is 0 Å². The van der Waals surface area contributed by atoms with Crippen molar-refractivity contribution in [3.63, 3.8) is 0 Å². The monoisotopic (exact) mass is 419 g/mol. The molecule has 0 radical (unpaired) electrons. The number of rotatable bonds is 7. The van der Waals surface area contributed by atoms with Crippen LogP contribution in [0, 0.1) is 0 Å². The highest BCUT2D eigenvalue weighted by atomic mass is 35.5. The Kier molecular flexibility index (Phi) is 9.19. The van der Waals surface area contributed by atoms with Crippen molar-refractivity contribution >= 4 is 35.1 Å². The summed E-state index contributed by atoms with van der Waals surface area (Å²) < 4.78 is 1.77. The fraction of sp³-hybridized carbons (Fsp3) is 0.312. The quantitative estimate of drug-likeness (QED) is 0.327. The van der Waals surface area contributed by atoms with Crippen molar-refractivity contribution in [1.29, 1.82) is 0 Å². The lowest BCUT2D eigenvalue weighted by Crippen LogP contribution is -2.42. The first-order chi connectivity index (χ1) is 12.7. The average molecular weight is 420 g/mol. The second-order valence-corrected chi connectivity index (χ2v) is 6.25. The zero-order chi connectivity index (χ0) is 20.4. The molecule has 0 amide bonds. The number of aliphatic carboxylic acids is 2. The Morgan fingerprint density at radius 3 is 2.37 bits per heavy atom. The van der Waals surface area contributed by atoms with Crippen LogP contribution in [-0.4, -0.2) is 61.6 Å². The molecule has 0 saturated carbocycles. The molecule has 1 heterocycles. The SMILES string of the molecule is O=C(O)C(=O)O.OCCNCC(O)(Cn1ccnc1)c1ccc(Cl)cc1Cl. The van der Waals surface area contributed by atoms with Gasteiger partial charge < -0.3 is 30.3 Å². The third kappa shape index (κ3) is 7.53. The summed E-state index contributed by atoms with van der Waals surface area (Å²) in [6.07, 6.45) is 5.03. The summed E-state index contributed by atoms with van der Waals surface area (Å²) in [6, 6.07) is 5.00. The van der Waals surface area contributed by atoms with Crippen LogP contribution in [0.4, 0.5) is 0 Å². The fourth-order valence-corrected chi connectivity index (χ4v) is 2.74. The van der Waals surface area contributed by atoms with E-state index in [9.17, 15) is 5.11 Å². The highest BCUT2D eigenvalue weighted by Gasteiger charge is 2.31. The van der Waals surface area contributed by atoms with E-state index in [0.29, 0.717) is 22.2 Å². The number of carbonyl (C=O) groups is 2. The Morgan fingerprint density at radius 1 is 1.22 bits per heavy atom. The molecule has 27 heavy (non-hydrogen) atoms. The first-order valence-electron chi connectivity index (χ1n) is 7.61. The molecule has 0 aliphatic carbocycles. The second-order valence-electron chi connectivity index (χ2n) is 5.40. The molecule has 0 aliphatic rings. The van der Waals surface area contributed by atoms with Gasteiger partial charge in [0.2, 0.25) is 0 Å². The van der Waals surface area contributed by atoms with Crippen LogP contribution < -0.4 is 5.32 Å². The molecule has 11 heteroatoms. The predicted octanol–water partition coefficient (Wildman–Crippen LogP) is 0.815. The van der Waals surface area contributed by atoms with E-state index in [1.54, 1.807) is 41.5 Å². The van der Waals surface area contributed by atoms with E-state index in [-0.39, 0.29) is 19.7 Å². The minimum absolute atomic E-state index is 0.00446. The molecule has 148 valence electrons. The number of aliphatic hydroxyl groups excluding tert-OH is 1. The van der Waals surface area contributed by atoms with Crippen LogP contribution in [0.1, 0.15) is 5.56 Å². The Balaban J connectivity index is 0.000000527. The molecule has 1 atom stereocenters. The lowest BCUT2D eigenvalue weighted by atomic mass is 9.93. The maximum atomic E-state index is 11.0. The smallest absolute Gasteiger partial charge is 0.414 e. The number of benzene rings is 1. The topological polar surface area (TPSA) is 145 Å². The Labute approximate surface area is 164 Å². The third-order valence-electron chi connectivity index (χ3n) is 3.32. The van der Waals surface area contributed by atoms with Crippen LogP contribution in [0.3, 0.4) is 0 Å². The first-order valence-corrected chi connectivity index (χ1v) is 8.36. The molecule has 2 aromatic rings. The van der Waals surface area contributed by atoms with Gasteiger partial charge in [0.15, 0.2) is 0 Å². The molecule has 0 fully saturated rings. The summed E-state index contributed by atoms with van der Waals surface area (Å²) in [6.45, 7) is 0.910. The number of aromatic nitrogens is 2. The Morgan fingerprint density at radius 2 is 1.89 bits per heavy atom. The van der Waals surface area contributed by atoms with E-state index in [0.717, 1.165) is 0 Å². The molecule has 9 nitrogen and oxygen atoms in total. The van der Waals surface area contributed by atoms with Gasteiger partial charge >= 0.3 is 11.9 Å². The molecular formula is C16H19Cl2N3O6. The first kappa shape index (κ1) is 22.9. The molecule has 5 N–H and O–H groups in total. The van der Waals surface area contributed by atoms with Gasteiger partial charge in [-0.25, -0.2) is 14.6 Å². The van der Waals surface area contributed by atoms with Gasteiger partial charge in [0.25, 0.3) is 0 Å². The standard InChI is InChI=1S/C14H17Cl2N3O2.C2H2O4/c15-11-1-2-12(13(16)7-11)14(21,8-17-4-6-20)9-19-5-3-18-10-19;3-1(4)2(5)6/h1-3,5,7,10,17,20-21H,4,6,8-9H2;(H,3,4)(H,5,6). The number of imidazole rings is 1. The van der Waals surface area contributed by atoms with E-state index < -0.39 is 17.5 Å². The Bertz CT molecular complexity index is 745. The van der Waals surface area contributed by atoms with Crippen LogP contribution >= 0.6 is 23.2 Å². The van der Waals surface area contributed by atoms with Crippen molar-refractivity contribution in [1.82, 2.24) is 14.9 Å². The van der Waals surface area contributed by atoms with Crippen LogP contribution in [0.15, 0.2) is 36.9 Å². The Hall–Kier alpha value is -2.17. The van der Waals surface area contributed by atoms with Crippen LogP contribution in [0.5, 0.6) is 0 Å². The molecule has 1 aromatic carbocycles. The van der Waals surface area contributed by atoms with Gasteiger partial charge in [-0.1, -0.05) is 29.3 Å². The maximum Gasteiger partial charge on any atom is 0.414 e. The number of aliphatic hydroxyl groups is 2. The molecule has 1 aromatic heterocycles. The summed E-state index contributed by atoms with van der Waals surface area (Å²) in [5.41, 5.74) is -0.662. The van der Waals surface area contributed by atoms with Crippen LogP contribution in [0.25, 0.3) is 0 Å². The van der Waals surface area contributed by atoms with Crippen molar-refractivity contribution in [3.05, 3.63) is 52.5 Å². The predicted molar refractivity (Wildman–Crippen MR) is 97.8 cm³/mol. The van der Waals surface area contributed by atoms with Gasteiger partial charge in [0, 0.05) is 41.1 Å². The van der Waals surface area contributed by atoms with Crippen LogP contribution in [0.2, 0.25) is 10.0 Å². The number of nitrogens with zero attached hydrogens (tertiary/aromatic N) is 2. The van der Waals surface area contributed by atoms with Crippen molar-refractivity contribution in [2.45, 2.75) is 12.1 Å². The van der Waals surface area contributed by atoms with Gasteiger partial charge in [-0.15, -0.1) is 0 Å². The summed E-state index contributed by atoms with van der Waals surface area (Å²) in [4.78, 5) is 22.2. The van der Waals surface area contributed by atoms with Crippen molar-refractivity contribution < 1.29 is 30.0 Å². The molecule has 0 aliphatic heterocycles. The fourth-order valence-electron chi connectivity index (χ4n) is 2.16. The molecule has 0 saturated heterocycles. The molecule has 0 bridgehead atoms. The molecule has 1 unspecified atom stereocenters. The number of halogens is 2. The number of hydrogen-bond acceptors (Lipinski definition) is 6. The lowest BCUT2D eigenvalue weighted by molar-refractivity contribution is -0.159. The number of nitrogens with one attached hydrogen (secondary N) is 1. The summed E-state index contributed by atoms with van der Waals surface area (Å²) >= 11 is 12.1. The number of carboxylic acid groups (broad SMARTS) is 2. The molecule has 0 spiro atoms. The van der Waals surface area contributed by atoms with Crippen molar-refractivity contribution in [2.24, 2.45) is 0 Å².